The molecule has 33 heavy (non-hydrogen) atoms. The van der Waals surface area contributed by atoms with Crippen molar-refractivity contribution in [3.8, 4) is 5.82 Å². The maximum Gasteiger partial charge on any atom is 0.138 e. The summed E-state index contributed by atoms with van der Waals surface area (Å²) in [7, 11) is 0. The summed E-state index contributed by atoms with van der Waals surface area (Å²) in [6.07, 6.45) is 1.85. The minimum Gasteiger partial charge on any atom is -0.291 e. The van der Waals surface area contributed by atoms with Crippen molar-refractivity contribution < 1.29 is 0 Å². The zero-order valence-electron chi connectivity index (χ0n) is 17.3. The smallest absolute Gasteiger partial charge is 0.138 e. The van der Waals surface area contributed by atoms with Gasteiger partial charge in [0.2, 0.25) is 0 Å². The van der Waals surface area contributed by atoms with E-state index in [2.05, 4.69) is 88.4 Å². The Morgan fingerprint density at radius 2 is 1.18 bits per heavy atom. The Hall–Kier alpha value is -3.80. The zero-order valence-corrected chi connectivity index (χ0v) is 19.0. The molecule has 0 aliphatic rings. The lowest BCUT2D eigenvalue weighted by atomic mass is 10.1. The highest BCUT2D eigenvalue weighted by atomic mass is 32.1. The van der Waals surface area contributed by atoms with Crippen molar-refractivity contribution in [2.45, 2.75) is 0 Å². The second kappa shape index (κ2) is 6.38. The Morgan fingerprint density at radius 1 is 0.576 bits per heavy atom. The molecule has 154 valence electrons. The van der Waals surface area contributed by atoms with E-state index in [-0.39, 0.29) is 0 Å². The normalized spacial score (nSPS) is 12.2. The number of hydrogen-bond acceptors (Lipinski definition) is 4. The summed E-state index contributed by atoms with van der Waals surface area (Å²) in [5.74, 6) is 0.938. The summed E-state index contributed by atoms with van der Waals surface area (Å²) >= 11 is 3.76. The number of nitrogens with zero attached hydrogens (tertiary/aromatic N) is 3. The van der Waals surface area contributed by atoms with Gasteiger partial charge in [0.05, 0.1) is 31.5 Å². The number of benzene rings is 3. The summed E-state index contributed by atoms with van der Waals surface area (Å²) in [5.41, 5.74) is 4.40. The van der Waals surface area contributed by atoms with E-state index in [9.17, 15) is 0 Å². The predicted molar refractivity (Wildman–Crippen MR) is 142 cm³/mol. The molecular weight excluding hydrogens is 442 g/mol. The molecule has 3 nitrogen and oxygen atoms in total. The van der Waals surface area contributed by atoms with E-state index in [0.717, 1.165) is 27.6 Å². The van der Waals surface area contributed by atoms with Crippen LogP contribution in [0.5, 0.6) is 0 Å². The Kier molecular flexibility index (Phi) is 3.42. The quantitative estimate of drug-likeness (QED) is 0.232. The van der Waals surface area contributed by atoms with Crippen LogP contribution in [0.1, 0.15) is 0 Å². The molecule has 0 unspecified atom stereocenters. The summed E-state index contributed by atoms with van der Waals surface area (Å²) in [6.45, 7) is 0. The molecule has 0 bridgehead atoms. The largest absolute Gasteiger partial charge is 0.291 e. The van der Waals surface area contributed by atoms with E-state index < -0.39 is 0 Å². The van der Waals surface area contributed by atoms with Crippen LogP contribution in [0.3, 0.4) is 0 Å². The molecule has 0 atom stereocenters. The van der Waals surface area contributed by atoms with Crippen LogP contribution in [0.4, 0.5) is 0 Å². The van der Waals surface area contributed by atoms with Gasteiger partial charge in [-0.1, -0.05) is 54.6 Å². The van der Waals surface area contributed by atoms with Gasteiger partial charge in [-0.05, 0) is 30.3 Å². The molecule has 8 aromatic rings. The van der Waals surface area contributed by atoms with Crippen molar-refractivity contribution in [3.63, 3.8) is 0 Å². The first-order valence-electron chi connectivity index (χ1n) is 10.8. The number of hydrogen-bond donors (Lipinski definition) is 0. The summed E-state index contributed by atoms with van der Waals surface area (Å²) in [6, 6.07) is 30.0. The van der Waals surface area contributed by atoms with Crippen LogP contribution in [0.2, 0.25) is 0 Å². The Labute approximate surface area is 196 Å². The minimum atomic E-state index is 0.938. The third kappa shape index (κ3) is 2.33. The van der Waals surface area contributed by atoms with Crippen molar-refractivity contribution in [1.82, 2.24) is 14.5 Å². The fourth-order valence-corrected chi connectivity index (χ4v) is 7.50. The van der Waals surface area contributed by atoms with Crippen molar-refractivity contribution in [2.75, 3.05) is 0 Å². The van der Waals surface area contributed by atoms with Crippen molar-refractivity contribution in [2.24, 2.45) is 0 Å². The van der Waals surface area contributed by atoms with Gasteiger partial charge in [0.25, 0.3) is 0 Å². The first-order valence-corrected chi connectivity index (χ1v) is 12.5. The van der Waals surface area contributed by atoms with E-state index in [1.807, 2.05) is 34.9 Å². The highest BCUT2D eigenvalue weighted by Crippen LogP contribution is 2.47. The molecule has 0 fully saturated rings. The molecule has 0 saturated carbocycles. The van der Waals surface area contributed by atoms with Crippen LogP contribution < -0.4 is 0 Å². The number of aromatic nitrogens is 3. The Morgan fingerprint density at radius 3 is 1.88 bits per heavy atom. The first-order chi connectivity index (χ1) is 16.4. The summed E-state index contributed by atoms with van der Waals surface area (Å²) in [5, 5.41) is 4.78. The fourth-order valence-electron chi connectivity index (χ4n) is 4.99. The summed E-state index contributed by atoms with van der Waals surface area (Å²) in [4.78, 5) is 9.90. The first kappa shape index (κ1) is 17.7. The fraction of sp³-hybridized carbons (Fsp3) is 0. The Bertz CT molecular complexity index is 1950. The minimum absolute atomic E-state index is 0.938. The molecule has 0 aliphatic heterocycles. The van der Waals surface area contributed by atoms with Gasteiger partial charge in [-0.3, -0.25) is 9.55 Å². The standard InChI is InChI=1S/C28H15N3S2/c1-3-9-20-18(7-1)25-27(32-20)28-26(19-8-2-4-10-21(19)33-28)31(25)22-14-13-17-12-11-16-6-5-15-29-23(16)24(17)30-22/h1-15H. The van der Waals surface area contributed by atoms with Crippen molar-refractivity contribution in [1.29, 1.82) is 0 Å². The lowest BCUT2D eigenvalue weighted by molar-refractivity contribution is 1.11. The third-order valence-corrected chi connectivity index (χ3v) is 8.92. The van der Waals surface area contributed by atoms with E-state index in [1.165, 1.54) is 40.6 Å². The van der Waals surface area contributed by atoms with E-state index in [1.54, 1.807) is 0 Å². The van der Waals surface area contributed by atoms with Gasteiger partial charge in [0.1, 0.15) is 5.82 Å². The van der Waals surface area contributed by atoms with E-state index >= 15 is 0 Å². The maximum absolute atomic E-state index is 5.23. The average Bonchev–Trinajstić information content (AvgIpc) is 3.52. The van der Waals surface area contributed by atoms with Crippen LogP contribution in [-0.2, 0) is 0 Å². The maximum atomic E-state index is 5.23. The number of rotatable bonds is 1. The van der Waals surface area contributed by atoms with Crippen LogP contribution in [0.25, 0.3) is 68.2 Å². The lowest BCUT2D eigenvalue weighted by Gasteiger charge is -2.09. The lowest BCUT2D eigenvalue weighted by Crippen LogP contribution is -1.98. The van der Waals surface area contributed by atoms with Crippen LogP contribution in [-0.4, -0.2) is 14.5 Å². The highest BCUT2D eigenvalue weighted by Gasteiger charge is 2.22. The van der Waals surface area contributed by atoms with Gasteiger partial charge in [-0.25, -0.2) is 4.98 Å². The van der Waals surface area contributed by atoms with Gasteiger partial charge in [0, 0.05) is 37.1 Å². The van der Waals surface area contributed by atoms with Gasteiger partial charge < -0.3 is 0 Å². The molecule has 0 spiro atoms. The molecule has 5 heterocycles. The summed E-state index contributed by atoms with van der Waals surface area (Å²) < 4.78 is 7.67. The number of fused-ring (bicyclic) bond motifs is 10. The van der Waals surface area contributed by atoms with Crippen LogP contribution in [0, 0.1) is 0 Å². The van der Waals surface area contributed by atoms with Crippen molar-refractivity contribution in [3.05, 3.63) is 91.1 Å². The molecule has 0 N–H and O–H groups in total. The molecule has 0 aliphatic carbocycles. The SMILES string of the molecule is c1cnc2c(c1)ccc1ccc(-n3c4c5ccccc5sc4c4sc5ccccc5c43)nc12. The van der Waals surface area contributed by atoms with Crippen LogP contribution >= 0.6 is 22.7 Å². The molecule has 5 heteroatoms. The van der Waals surface area contributed by atoms with Gasteiger partial charge in [0.15, 0.2) is 0 Å². The molecule has 0 amide bonds. The second-order valence-corrected chi connectivity index (χ2v) is 10.4. The van der Waals surface area contributed by atoms with Crippen molar-refractivity contribution >= 4 is 85.1 Å². The third-order valence-electron chi connectivity index (χ3n) is 6.44. The average molecular weight is 458 g/mol. The topological polar surface area (TPSA) is 30.7 Å². The monoisotopic (exact) mass is 457 g/mol. The van der Waals surface area contributed by atoms with E-state index in [4.69, 9.17) is 4.98 Å². The van der Waals surface area contributed by atoms with E-state index in [0.29, 0.717) is 0 Å². The molecule has 0 saturated heterocycles. The van der Waals surface area contributed by atoms with Gasteiger partial charge >= 0.3 is 0 Å². The van der Waals surface area contributed by atoms with Gasteiger partial charge in [-0.15, -0.1) is 22.7 Å². The molecule has 3 aromatic carbocycles. The highest BCUT2D eigenvalue weighted by molar-refractivity contribution is 7.33. The van der Waals surface area contributed by atoms with Crippen LogP contribution in [0.15, 0.2) is 91.1 Å². The second-order valence-electron chi connectivity index (χ2n) is 8.27. The molecule has 8 rings (SSSR count). The predicted octanol–water partition coefficient (Wildman–Crippen LogP) is 8.31. The zero-order chi connectivity index (χ0) is 21.5. The number of pyridine rings is 2. The molecular formula is C28H15N3S2. The number of thiophene rings is 2. The molecule has 0 radical (unpaired) electrons. The van der Waals surface area contributed by atoms with Gasteiger partial charge in [-0.2, -0.15) is 0 Å². The molecule has 5 aromatic heterocycles. The Balaban J connectivity index is 1.60.